The molecule has 2 amide bonds. The summed E-state index contributed by atoms with van der Waals surface area (Å²) >= 11 is 0. The van der Waals surface area contributed by atoms with Crippen LogP contribution in [-0.2, 0) is 20.7 Å². The molecule has 12 heteroatoms. The molecule has 3 atom stereocenters. The van der Waals surface area contributed by atoms with Crippen LogP contribution >= 0.6 is 0 Å². The molecule has 2 saturated heterocycles. The number of carbonyl (C=O) groups is 2. The number of β-amino-alcohol motifs (C(OH)–C–C–N with tert-alkyl or cyclic N) is 1. The second-order valence-electron chi connectivity index (χ2n) is 16.9. The fourth-order valence-corrected chi connectivity index (χ4v) is 10.5. The van der Waals surface area contributed by atoms with Crippen LogP contribution in [0.3, 0.4) is 0 Å². The highest BCUT2D eigenvalue weighted by atomic mass is 16.5. The minimum absolute atomic E-state index is 0.0852. The standard InChI is InChI=1S/C48H49N7O5/c1-28-42(30(3)59-51-28)33-15-18-41-39(25-33)47(45(57)49-41,55-19-9-12-37(56)27-55)36-16-13-32(14-17-36)38-24-34(43-29(2)52-60-31(43)4)26-40-44(38)50-46(58)48(40,35-10-7-6-8-11-35)54-22-20-53(5)21-23-54/h6-8,10-11,13-18,24-26,37,56H,9,12,19-23,27H2,1-5H3,(H,49,57)(H,50,58). The molecule has 0 saturated carbocycles. The average Bonchev–Trinajstić information content (AvgIpc) is 3.96. The maximum Gasteiger partial charge on any atom is 0.254 e. The zero-order valence-electron chi connectivity index (χ0n) is 34.6. The van der Waals surface area contributed by atoms with Crippen molar-refractivity contribution < 1.29 is 23.7 Å². The molecule has 6 aromatic rings. The third kappa shape index (κ3) is 5.65. The highest BCUT2D eigenvalue weighted by Gasteiger charge is 2.55. The van der Waals surface area contributed by atoms with Crippen LogP contribution in [0.1, 0.15) is 58.0 Å². The Hall–Kier alpha value is -5.92. The number of carbonyl (C=O) groups excluding carboxylic acids is 2. The molecule has 4 aliphatic heterocycles. The summed E-state index contributed by atoms with van der Waals surface area (Å²) in [5.41, 5.74) is 9.47. The topological polar surface area (TPSA) is 140 Å². The van der Waals surface area contributed by atoms with E-state index in [1.807, 2.05) is 70.2 Å². The molecular weight excluding hydrogens is 755 g/mol. The number of amides is 2. The van der Waals surface area contributed by atoms with E-state index >= 15 is 0 Å². The number of nitrogens with one attached hydrogen (secondary N) is 2. The van der Waals surface area contributed by atoms with Crippen molar-refractivity contribution in [2.45, 2.75) is 57.7 Å². The number of rotatable bonds is 7. The van der Waals surface area contributed by atoms with Crippen molar-refractivity contribution in [3.63, 3.8) is 0 Å². The number of hydrogen-bond donors (Lipinski definition) is 3. The number of fused-ring (bicyclic) bond motifs is 2. The Morgan fingerprint density at radius 1 is 0.667 bits per heavy atom. The number of anilines is 2. The molecule has 4 aromatic carbocycles. The highest BCUT2D eigenvalue weighted by Crippen LogP contribution is 2.53. The van der Waals surface area contributed by atoms with Gasteiger partial charge in [-0.15, -0.1) is 0 Å². The molecule has 3 N–H and O–H groups in total. The van der Waals surface area contributed by atoms with E-state index in [1.54, 1.807) is 0 Å². The molecule has 0 bridgehead atoms. The zero-order valence-corrected chi connectivity index (χ0v) is 34.6. The molecule has 2 aromatic heterocycles. The molecule has 306 valence electrons. The van der Waals surface area contributed by atoms with Gasteiger partial charge >= 0.3 is 0 Å². The number of aryl methyl sites for hydroxylation is 4. The van der Waals surface area contributed by atoms with E-state index in [0.29, 0.717) is 44.1 Å². The van der Waals surface area contributed by atoms with Crippen LogP contribution in [0.5, 0.6) is 0 Å². The number of hydrogen-bond acceptors (Lipinski definition) is 10. The highest BCUT2D eigenvalue weighted by molar-refractivity contribution is 6.13. The molecule has 60 heavy (non-hydrogen) atoms. The lowest BCUT2D eigenvalue weighted by molar-refractivity contribution is -0.127. The van der Waals surface area contributed by atoms with Crippen molar-refractivity contribution in [2.24, 2.45) is 0 Å². The summed E-state index contributed by atoms with van der Waals surface area (Å²) in [6.07, 6.45) is 0.862. The van der Waals surface area contributed by atoms with E-state index in [2.05, 4.69) is 85.2 Å². The number of likely N-dealkylation sites (tertiary alicyclic amines) is 1. The summed E-state index contributed by atoms with van der Waals surface area (Å²) < 4.78 is 11.3. The smallest absolute Gasteiger partial charge is 0.254 e. The first-order valence-electron chi connectivity index (χ1n) is 20.9. The molecule has 2 fully saturated rings. The summed E-state index contributed by atoms with van der Waals surface area (Å²) in [6, 6.07) is 28.6. The van der Waals surface area contributed by atoms with E-state index in [9.17, 15) is 14.7 Å². The van der Waals surface area contributed by atoms with Crippen LogP contribution in [0, 0.1) is 27.7 Å². The van der Waals surface area contributed by atoms with E-state index in [0.717, 1.165) is 97.9 Å². The van der Waals surface area contributed by atoms with Crippen molar-refractivity contribution in [2.75, 3.05) is 56.9 Å². The first kappa shape index (κ1) is 38.3. The van der Waals surface area contributed by atoms with Gasteiger partial charge in [0.25, 0.3) is 11.8 Å². The van der Waals surface area contributed by atoms with E-state index in [4.69, 9.17) is 9.05 Å². The van der Waals surface area contributed by atoms with Crippen molar-refractivity contribution in [1.29, 1.82) is 0 Å². The summed E-state index contributed by atoms with van der Waals surface area (Å²) in [7, 11) is 2.12. The number of aliphatic hydroxyl groups excluding tert-OH is 1. The van der Waals surface area contributed by atoms with Crippen LogP contribution in [0.25, 0.3) is 33.4 Å². The Balaban J connectivity index is 1.17. The molecule has 0 radical (unpaired) electrons. The average molecular weight is 804 g/mol. The van der Waals surface area contributed by atoms with Gasteiger partial charge in [0.05, 0.1) is 23.2 Å². The largest absolute Gasteiger partial charge is 0.392 e. The molecule has 0 spiro atoms. The normalized spacial score (nSPS) is 23.4. The summed E-state index contributed by atoms with van der Waals surface area (Å²) in [4.78, 5) is 36.4. The monoisotopic (exact) mass is 803 g/mol. The molecule has 4 aliphatic rings. The molecule has 0 aliphatic carbocycles. The van der Waals surface area contributed by atoms with Crippen LogP contribution < -0.4 is 10.6 Å². The van der Waals surface area contributed by atoms with Gasteiger partial charge in [0.15, 0.2) is 11.1 Å². The van der Waals surface area contributed by atoms with Crippen molar-refractivity contribution >= 4 is 23.2 Å². The molecule has 6 heterocycles. The summed E-state index contributed by atoms with van der Waals surface area (Å²) in [5, 5.41) is 26.2. The van der Waals surface area contributed by atoms with Gasteiger partial charge in [-0.2, -0.15) is 0 Å². The number of benzene rings is 4. The van der Waals surface area contributed by atoms with Gasteiger partial charge < -0.3 is 29.7 Å². The van der Waals surface area contributed by atoms with Crippen molar-refractivity contribution in [3.8, 4) is 33.4 Å². The predicted octanol–water partition coefficient (Wildman–Crippen LogP) is 6.99. The Bertz CT molecular complexity index is 2620. The Morgan fingerprint density at radius 2 is 1.27 bits per heavy atom. The number of nitrogens with zero attached hydrogens (tertiary/aromatic N) is 5. The van der Waals surface area contributed by atoms with Crippen LogP contribution in [0.2, 0.25) is 0 Å². The summed E-state index contributed by atoms with van der Waals surface area (Å²) in [5.74, 6) is 1.15. The maximum atomic E-state index is 15.0. The summed E-state index contributed by atoms with van der Waals surface area (Å²) in [6.45, 7) is 11.8. The number of likely N-dealkylation sites (N-methyl/N-ethyl adjacent to an activating group) is 1. The fourth-order valence-electron chi connectivity index (χ4n) is 10.5. The molecule has 3 unspecified atom stereocenters. The van der Waals surface area contributed by atoms with Crippen LogP contribution in [0.4, 0.5) is 11.4 Å². The van der Waals surface area contributed by atoms with Gasteiger partial charge in [-0.1, -0.05) is 71.0 Å². The molecular formula is C48H49N7O5. The second kappa shape index (κ2) is 14.4. The van der Waals surface area contributed by atoms with Gasteiger partial charge in [-0.3, -0.25) is 19.4 Å². The number of piperazine rings is 1. The minimum atomic E-state index is -1.22. The number of aliphatic hydroxyl groups is 1. The van der Waals surface area contributed by atoms with Crippen molar-refractivity contribution in [3.05, 3.63) is 130 Å². The van der Waals surface area contributed by atoms with Crippen LogP contribution in [0.15, 0.2) is 94.0 Å². The number of piperidine rings is 1. The quantitative estimate of drug-likeness (QED) is 0.155. The maximum absolute atomic E-state index is 15.0. The Kier molecular flexibility index (Phi) is 9.17. The van der Waals surface area contributed by atoms with Crippen LogP contribution in [-0.4, -0.2) is 94.4 Å². The van der Waals surface area contributed by atoms with Crippen molar-refractivity contribution in [1.82, 2.24) is 25.0 Å². The number of aromatic nitrogens is 2. The first-order valence-corrected chi connectivity index (χ1v) is 20.9. The minimum Gasteiger partial charge on any atom is -0.392 e. The van der Waals surface area contributed by atoms with Gasteiger partial charge in [0.2, 0.25) is 0 Å². The fraction of sp³-hybridized carbons (Fsp3) is 0.333. The second-order valence-corrected chi connectivity index (χ2v) is 16.9. The third-order valence-electron chi connectivity index (χ3n) is 13.4. The van der Waals surface area contributed by atoms with E-state index < -0.39 is 17.2 Å². The van der Waals surface area contributed by atoms with Gasteiger partial charge in [-0.05, 0) is 99.7 Å². The Labute approximate surface area is 349 Å². The van der Waals surface area contributed by atoms with Gasteiger partial charge in [0, 0.05) is 72.8 Å². The molecule has 12 nitrogen and oxygen atoms in total. The lowest BCUT2D eigenvalue weighted by atomic mass is 9.78. The van der Waals surface area contributed by atoms with E-state index in [1.165, 1.54) is 0 Å². The third-order valence-corrected chi connectivity index (χ3v) is 13.4. The lowest BCUT2D eigenvalue weighted by Crippen LogP contribution is -2.58. The molecule has 10 rings (SSSR count). The van der Waals surface area contributed by atoms with E-state index in [-0.39, 0.29) is 11.8 Å². The predicted molar refractivity (Wildman–Crippen MR) is 229 cm³/mol. The first-order chi connectivity index (χ1) is 29.0. The Morgan fingerprint density at radius 3 is 1.92 bits per heavy atom. The van der Waals surface area contributed by atoms with Gasteiger partial charge in [0.1, 0.15) is 11.5 Å². The van der Waals surface area contributed by atoms with Gasteiger partial charge in [-0.25, -0.2) is 0 Å². The SMILES string of the molecule is Cc1noc(C)c1-c1ccc2c(c1)C(c1ccc(-c3cc(-c4c(C)noc4C)cc4c3NC(=O)C4(c3ccccc3)N3CCN(C)CC3)cc1)(N1CCCC(O)C1)C(=O)N2. The lowest BCUT2D eigenvalue weighted by Gasteiger charge is -2.44. The zero-order chi connectivity index (χ0) is 41.5.